The SMILES string of the molecule is Cc1cccc(C)c1NC(=O)c1ccc(N2CCOCC2)cn1. The highest BCUT2D eigenvalue weighted by Gasteiger charge is 2.14. The van der Waals surface area contributed by atoms with Crippen molar-refractivity contribution in [3.05, 3.63) is 53.3 Å². The standard InChI is InChI=1S/C18H21N3O2/c1-13-4-3-5-14(2)17(13)20-18(22)16-7-6-15(12-19-16)21-8-10-23-11-9-21/h3-7,12H,8-11H2,1-2H3,(H,20,22). The van der Waals surface area contributed by atoms with Crippen LogP contribution in [0.3, 0.4) is 0 Å². The van der Waals surface area contributed by atoms with Crippen molar-refractivity contribution in [3.8, 4) is 0 Å². The molecule has 120 valence electrons. The van der Waals surface area contributed by atoms with Crippen LogP contribution in [-0.2, 0) is 4.74 Å². The topological polar surface area (TPSA) is 54.5 Å². The van der Waals surface area contributed by atoms with E-state index in [2.05, 4.69) is 15.2 Å². The molecule has 5 heteroatoms. The Morgan fingerprint density at radius 3 is 2.43 bits per heavy atom. The molecule has 0 aliphatic carbocycles. The van der Waals surface area contributed by atoms with Crippen molar-refractivity contribution in [2.75, 3.05) is 36.5 Å². The second-order valence-electron chi connectivity index (χ2n) is 5.72. The summed E-state index contributed by atoms with van der Waals surface area (Å²) < 4.78 is 5.35. The van der Waals surface area contributed by atoms with Gasteiger partial charge in [0.2, 0.25) is 0 Å². The lowest BCUT2D eigenvalue weighted by atomic mass is 10.1. The van der Waals surface area contributed by atoms with E-state index < -0.39 is 0 Å². The second-order valence-corrected chi connectivity index (χ2v) is 5.72. The van der Waals surface area contributed by atoms with E-state index in [1.165, 1.54) is 0 Å². The smallest absolute Gasteiger partial charge is 0.274 e. The molecule has 1 aromatic heterocycles. The van der Waals surface area contributed by atoms with E-state index in [4.69, 9.17) is 4.74 Å². The number of carbonyl (C=O) groups is 1. The number of hydrogen-bond acceptors (Lipinski definition) is 4. The fraction of sp³-hybridized carbons (Fsp3) is 0.333. The third-order valence-corrected chi connectivity index (χ3v) is 4.08. The average molecular weight is 311 g/mol. The maximum absolute atomic E-state index is 12.4. The number of aromatic nitrogens is 1. The van der Waals surface area contributed by atoms with Crippen LogP contribution in [0.4, 0.5) is 11.4 Å². The lowest BCUT2D eigenvalue weighted by Gasteiger charge is -2.28. The van der Waals surface area contributed by atoms with Crippen LogP contribution in [0.1, 0.15) is 21.6 Å². The van der Waals surface area contributed by atoms with E-state index in [0.29, 0.717) is 5.69 Å². The summed E-state index contributed by atoms with van der Waals surface area (Å²) in [4.78, 5) is 18.9. The number of rotatable bonds is 3. The minimum atomic E-state index is -0.184. The Labute approximate surface area is 136 Å². The van der Waals surface area contributed by atoms with Gasteiger partial charge in [-0.05, 0) is 37.1 Å². The van der Waals surface area contributed by atoms with Gasteiger partial charge in [-0.3, -0.25) is 4.79 Å². The molecule has 1 N–H and O–H groups in total. The Hall–Kier alpha value is -2.40. The average Bonchev–Trinajstić information content (AvgIpc) is 2.59. The summed E-state index contributed by atoms with van der Waals surface area (Å²) in [6, 6.07) is 9.66. The second kappa shape index (κ2) is 6.79. The number of anilines is 2. The van der Waals surface area contributed by atoms with Gasteiger partial charge in [0.15, 0.2) is 0 Å². The van der Waals surface area contributed by atoms with Gasteiger partial charge in [-0.1, -0.05) is 18.2 Å². The number of ether oxygens (including phenoxy) is 1. The molecule has 23 heavy (non-hydrogen) atoms. The van der Waals surface area contributed by atoms with Crippen molar-refractivity contribution >= 4 is 17.3 Å². The summed E-state index contributed by atoms with van der Waals surface area (Å²) in [5.74, 6) is -0.184. The first-order valence-corrected chi connectivity index (χ1v) is 7.81. The first-order valence-electron chi connectivity index (χ1n) is 7.81. The zero-order valence-electron chi connectivity index (χ0n) is 13.5. The Balaban J connectivity index is 1.72. The van der Waals surface area contributed by atoms with Gasteiger partial charge in [-0.2, -0.15) is 0 Å². The van der Waals surface area contributed by atoms with Crippen LogP contribution in [-0.4, -0.2) is 37.2 Å². The van der Waals surface area contributed by atoms with Gasteiger partial charge in [-0.25, -0.2) is 4.98 Å². The summed E-state index contributed by atoms with van der Waals surface area (Å²) in [5.41, 5.74) is 4.39. The molecule has 5 nitrogen and oxygen atoms in total. The first-order chi connectivity index (χ1) is 11.1. The molecule has 1 fully saturated rings. The summed E-state index contributed by atoms with van der Waals surface area (Å²) in [5, 5.41) is 2.96. The normalized spacial score (nSPS) is 14.6. The Kier molecular flexibility index (Phi) is 4.57. The van der Waals surface area contributed by atoms with Crippen LogP contribution < -0.4 is 10.2 Å². The van der Waals surface area contributed by atoms with Gasteiger partial charge in [-0.15, -0.1) is 0 Å². The van der Waals surface area contributed by atoms with Crippen LogP contribution in [0.25, 0.3) is 0 Å². The van der Waals surface area contributed by atoms with Crippen LogP contribution in [0.2, 0.25) is 0 Å². The minimum Gasteiger partial charge on any atom is -0.378 e. The molecular weight excluding hydrogens is 290 g/mol. The Morgan fingerprint density at radius 1 is 1.13 bits per heavy atom. The summed E-state index contributed by atoms with van der Waals surface area (Å²) in [6.45, 7) is 7.14. The van der Waals surface area contributed by atoms with Gasteiger partial charge in [0, 0.05) is 18.8 Å². The van der Waals surface area contributed by atoms with Crippen molar-refractivity contribution < 1.29 is 9.53 Å². The van der Waals surface area contributed by atoms with E-state index in [1.807, 2.05) is 38.1 Å². The lowest BCUT2D eigenvalue weighted by Crippen LogP contribution is -2.36. The van der Waals surface area contributed by atoms with E-state index >= 15 is 0 Å². The summed E-state index contributed by atoms with van der Waals surface area (Å²) in [6.07, 6.45) is 1.75. The van der Waals surface area contributed by atoms with Crippen LogP contribution in [0.15, 0.2) is 36.5 Å². The molecule has 1 amide bonds. The van der Waals surface area contributed by atoms with E-state index in [9.17, 15) is 4.79 Å². The first kappa shape index (κ1) is 15.5. The largest absolute Gasteiger partial charge is 0.378 e. The van der Waals surface area contributed by atoms with E-state index in [0.717, 1.165) is 48.8 Å². The molecule has 0 saturated carbocycles. The van der Waals surface area contributed by atoms with E-state index in [1.54, 1.807) is 12.3 Å². The predicted molar refractivity (Wildman–Crippen MR) is 91.1 cm³/mol. The fourth-order valence-electron chi connectivity index (χ4n) is 2.72. The van der Waals surface area contributed by atoms with Gasteiger partial charge >= 0.3 is 0 Å². The molecule has 2 heterocycles. The molecule has 0 unspecified atom stereocenters. The van der Waals surface area contributed by atoms with Crippen LogP contribution in [0.5, 0.6) is 0 Å². The van der Waals surface area contributed by atoms with Crippen molar-refractivity contribution in [2.24, 2.45) is 0 Å². The van der Waals surface area contributed by atoms with Crippen LogP contribution in [0, 0.1) is 13.8 Å². The van der Waals surface area contributed by atoms with E-state index in [-0.39, 0.29) is 5.91 Å². The summed E-state index contributed by atoms with van der Waals surface area (Å²) in [7, 11) is 0. The van der Waals surface area contributed by atoms with Gasteiger partial charge in [0.25, 0.3) is 5.91 Å². The molecule has 1 aliphatic heterocycles. The third kappa shape index (κ3) is 3.51. The highest BCUT2D eigenvalue weighted by atomic mass is 16.5. The molecule has 0 spiro atoms. The number of nitrogens with zero attached hydrogens (tertiary/aromatic N) is 2. The number of hydrogen-bond donors (Lipinski definition) is 1. The molecular formula is C18H21N3O2. The van der Waals surface area contributed by atoms with Gasteiger partial charge in [0.05, 0.1) is 25.1 Å². The van der Waals surface area contributed by atoms with Crippen molar-refractivity contribution in [2.45, 2.75) is 13.8 Å². The Morgan fingerprint density at radius 2 is 1.83 bits per heavy atom. The quantitative estimate of drug-likeness (QED) is 0.947. The maximum Gasteiger partial charge on any atom is 0.274 e. The van der Waals surface area contributed by atoms with Crippen molar-refractivity contribution in [1.29, 1.82) is 0 Å². The number of amides is 1. The number of carbonyl (C=O) groups excluding carboxylic acids is 1. The fourth-order valence-corrected chi connectivity index (χ4v) is 2.72. The molecule has 0 atom stereocenters. The highest BCUT2D eigenvalue weighted by Crippen LogP contribution is 2.20. The summed E-state index contributed by atoms with van der Waals surface area (Å²) >= 11 is 0. The third-order valence-electron chi connectivity index (χ3n) is 4.08. The molecule has 0 bridgehead atoms. The lowest BCUT2D eigenvalue weighted by molar-refractivity contribution is 0.102. The maximum atomic E-state index is 12.4. The van der Waals surface area contributed by atoms with Gasteiger partial charge in [0.1, 0.15) is 5.69 Å². The molecule has 1 aromatic carbocycles. The number of nitrogens with one attached hydrogen (secondary N) is 1. The molecule has 1 saturated heterocycles. The molecule has 1 aliphatic rings. The molecule has 2 aromatic rings. The zero-order valence-corrected chi connectivity index (χ0v) is 13.5. The predicted octanol–water partition coefficient (Wildman–Crippen LogP) is 2.79. The monoisotopic (exact) mass is 311 g/mol. The van der Waals surface area contributed by atoms with Gasteiger partial charge < -0.3 is 15.0 Å². The van der Waals surface area contributed by atoms with Crippen molar-refractivity contribution in [1.82, 2.24) is 4.98 Å². The molecule has 0 radical (unpaired) electrons. The highest BCUT2D eigenvalue weighted by molar-refractivity contribution is 6.03. The number of benzene rings is 1. The number of morpholine rings is 1. The minimum absolute atomic E-state index is 0.184. The number of aryl methyl sites for hydroxylation is 2. The molecule has 3 rings (SSSR count). The number of para-hydroxylation sites is 1. The van der Waals surface area contributed by atoms with Crippen molar-refractivity contribution in [3.63, 3.8) is 0 Å². The van der Waals surface area contributed by atoms with Crippen LogP contribution >= 0.6 is 0 Å². The Bertz CT molecular complexity index is 672. The number of pyridine rings is 1. The zero-order chi connectivity index (χ0) is 16.2.